The lowest BCUT2D eigenvalue weighted by Gasteiger charge is -2.17. The summed E-state index contributed by atoms with van der Waals surface area (Å²) in [6.07, 6.45) is -2.90. The van der Waals surface area contributed by atoms with Crippen LogP contribution in [0.5, 0.6) is 0 Å². The standard InChI is InChI=1S/C18H13BrF3N/c1-11(19)14-10-23-17-13(8-5-9-15(17)18(20,21)22)16(14)12-6-3-2-4-7-12/h2-11H,1H3. The highest BCUT2D eigenvalue weighted by molar-refractivity contribution is 9.09. The summed E-state index contributed by atoms with van der Waals surface area (Å²) in [6.45, 7) is 1.93. The lowest BCUT2D eigenvalue weighted by atomic mass is 9.94. The highest BCUT2D eigenvalue weighted by Crippen LogP contribution is 2.40. The second-order valence-corrected chi connectivity index (χ2v) is 6.64. The van der Waals surface area contributed by atoms with Gasteiger partial charge < -0.3 is 0 Å². The van der Waals surface area contributed by atoms with E-state index in [1.165, 1.54) is 12.3 Å². The van der Waals surface area contributed by atoms with Crippen LogP contribution in [0, 0.1) is 0 Å². The average molecular weight is 380 g/mol. The van der Waals surface area contributed by atoms with Crippen molar-refractivity contribution in [2.45, 2.75) is 17.9 Å². The van der Waals surface area contributed by atoms with Gasteiger partial charge in [-0.2, -0.15) is 13.2 Å². The Labute approximate surface area is 140 Å². The van der Waals surface area contributed by atoms with Gasteiger partial charge in [0.2, 0.25) is 0 Å². The van der Waals surface area contributed by atoms with Crippen LogP contribution in [0.2, 0.25) is 0 Å². The van der Waals surface area contributed by atoms with Gasteiger partial charge in [-0.3, -0.25) is 4.98 Å². The zero-order valence-corrected chi connectivity index (χ0v) is 13.8. The van der Waals surface area contributed by atoms with Crippen molar-refractivity contribution < 1.29 is 13.2 Å². The molecule has 1 atom stereocenters. The van der Waals surface area contributed by atoms with Crippen molar-refractivity contribution in [2.75, 3.05) is 0 Å². The summed E-state index contributed by atoms with van der Waals surface area (Å²) in [5, 5.41) is 0.509. The third kappa shape index (κ3) is 2.98. The number of halogens is 4. The molecule has 0 saturated carbocycles. The Hall–Kier alpha value is -1.88. The smallest absolute Gasteiger partial charge is 0.255 e. The second kappa shape index (κ2) is 5.96. The highest BCUT2D eigenvalue weighted by atomic mass is 79.9. The van der Waals surface area contributed by atoms with E-state index in [4.69, 9.17) is 0 Å². The molecule has 0 aliphatic carbocycles. The Morgan fingerprint density at radius 1 is 1.00 bits per heavy atom. The zero-order chi connectivity index (χ0) is 16.6. The maximum Gasteiger partial charge on any atom is 0.418 e. The molecule has 0 saturated heterocycles. The van der Waals surface area contributed by atoms with Crippen molar-refractivity contribution in [3.8, 4) is 11.1 Å². The number of fused-ring (bicyclic) bond motifs is 1. The first-order chi connectivity index (χ1) is 10.9. The number of rotatable bonds is 2. The van der Waals surface area contributed by atoms with Crippen molar-refractivity contribution in [3.63, 3.8) is 0 Å². The topological polar surface area (TPSA) is 12.9 Å². The van der Waals surface area contributed by atoms with Crippen LogP contribution < -0.4 is 0 Å². The van der Waals surface area contributed by atoms with Crippen LogP contribution in [0.4, 0.5) is 13.2 Å². The monoisotopic (exact) mass is 379 g/mol. The van der Waals surface area contributed by atoms with Crippen molar-refractivity contribution in [3.05, 3.63) is 65.9 Å². The first-order valence-corrected chi connectivity index (χ1v) is 7.99. The maximum absolute atomic E-state index is 13.3. The largest absolute Gasteiger partial charge is 0.418 e. The Morgan fingerprint density at radius 2 is 1.70 bits per heavy atom. The van der Waals surface area contributed by atoms with E-state index in [1.807, 2.05) is 37.3 Å². The summed E-state index contributed by atoms with van der Waals surface area (Å²) >= 11 is 3.51. The Balaban J connectivity index is 2.42. The van der Waals surface area contributed by atoms with Crippen LogP contribution in [-0.2, 0) is 6.18 Å². The normalized spacial score (nSPS) is 13.3. The van der Waals surface area contributed by atoms with Crippen molar-refractivity contribution in [1.29, 1.82) is 0 Å². The molecular weight excluding hydrogens is 367 g/mol. The fourth-order valence-corrected chi connectivity index (χ4v) is 3.04. The molecule has 0 spiro atoms. The van der Waals surface area contributed by atoms with Gasteiger partial charge in [0.05, 0.1) is 11.1 Å². The van der Waals surface area contributed by atoms with E-state index in [2.05, 4.69) is 20.9 Å². The van der Waals surface area contributed by atoms with E-state index >= 15 is 0 Å². The van der Waals surface area contributed by atoms with Crippen molar-refractivity contribution in [2.24, 2.45) is 0 Å². The molecule has 2 aromatic carbocycles. The van der Waals surface area contributed by atoms with Gasteiger partial charge in [0.1, 0.15) is 0 Å². The minimum atomic E-state index is -4.43. The quantitative estimate of drug-likeness (QED) is 0.471. The molecule has 0 aliphatic heterocycles. The summed E-state index contributed by atoms with van der Waals surface area (Å²) in [6, 6.07) is 13.6. The van der Waals surface area contributed by atoms with Gasteiger partial charge >= 0.3 is 6.18 Å². The minimum absolute atomic E-state index is 0.0178. The fraction of sp³-hybridized carbons (Fsp3) is 0.167. The lowest BCUT2D eigenvalue weighted by molar-refractivity contribution is -0.136. The molecule has 1 aromatic heterocycles. The maximum atomic E-state index is 13.3. The van der Waals surface area contributed by atoms with Crippen LogP contribution in [0.25, 0.3) is 22.0 Å². The van der Waals surface area contributed by atoms with Crippen LogP contribution in [0.3, 0.4) is 0 Å². The predicted octanol–water partition coefficient (Wildman–Crippen LogP) is 6.38. The van der Waals surface area contributed by atoms with Gasteiger partial charge in [0, 0.05) is 16.4 Å². The minimum Gasteiger partial charge on any atom is -0.255 e. The van der Waals surface area contributed by atoms with Crippen LogP contribution in [0.1, 0.15) is 22.9 Å². The predicted molar refractivity (Wildman–Crippen MR) is 89.5 cm³/mol. The number of para-hydroxylation sites is 1. The van der Waals surface area contributed by atoms with Gasteiger partial charge in [0.25, 0.3) is 0 Å². The van der Waals surface area contributed by atoms with Gasteiger partial charge in [-0.15, -0.1) is 0 Å². The van der Waals surface area contributed by atoms with Crippen LogP contribution in [0.15, 0.2) is 54.7 Å². The number of benzene rings is 2. The summed E-state index contributed by atoms with van der Waals surface area (Å²) in [5.74, 6) is 0. The number of hydrogen-bond acceptors (Lipinski definition) is 1. The molecule has 0 fully saturated rings. The van der Waals surface area contributed by atoms with E-state index in [1.54, 1.807) is 6.07 Å². The van der Waals surface area contributed by atoms with Gasteiger partial charge in [-0.1, -0.05) is 58.4 Å². The van der Waals surface area contributed by atoms with E-state index in [-0.39, 0.29) is 10.3 Å². The number of hydrogen-bond donors (Lipinski definition) is 0. The third-order valence-electron chi connectivity index (χ3n) is 3.72. The Kier molecular flexibility index (Phi) is 4.15. The molecule has 1 nitrogen and oxygen atoms in total. The number of aromatic nitrogens is 1. The van der Waals surface area contributed by atoms with E-state index in [9.17, 15) is 13.2 Å². The van der Waals surface area contributed by atoms with E-state index in [0.717, 1.165) is 22.8 Å². The molecule has 23 heavy (non-hydrogen) atoms. The molecule has 0 N–H and O–H groups in total. The number of pyridine rings is 1. The lowest BCUT2D eigenvalue weighted by Crippen LogP contribution is -2.07. The van der Waals surface area contributed by atoms with Crippen LogP contribution in [-0.4, -0.2) is 4.98 Å². The Bertz CT molecular complexity index is 842. The first-order valence-electron chi connectivity index (χ1n) is 7.08. The van der Waals surface area contributed by atoms with E-state index in [0.29, 0.717) is 5.39 Å². The molecule has 1 heterocycles. The molecule has 0 bridgehead atoms. The molecule has 5 heteroatoms. The molecule has 0 amide bonds. The van der Waals surface area contributed by atoms with Gasteiger partial charge in [-0.25, -0.2) is 0 Å². The second-order valence-electron chi connectivity index (χ2n) is 5.27. The first kappa shape index (κ1) is 16.0. The third-order valence-corrected chi connectivity index (χ3v) is 4.22. The molecule has 1 unspecified atom stereocenters. The molecule has 0 aliphatic rings. The molecule has 3 rings (SSSR count). The fourth-order valence-electron chi connectivity index (χ4n) is 2.70. The zero-order valence-electron chi connectivity index (χ0n) is 12.2. The summed E-state index contributed by atoms with van der Waals surface area (Å²) in [4.78, 5) is 4.08. The van der Waals surface area contributed by atoms with Crippen molar-refractivity contribution >= 4 is 26.8 Å². The Morgan fingerprint density at radius 3 is 2.30 bits per heavy atom. The number of alkyl halides is 4. The average Bonchev–Trinajstić information content (AvgIpc) is 2.53. The van der Waals surface area contributed by atoms with Gasteiger partial charge in [-0.05, 0) is 29.7 Å². The summed E-state index contributed by atoms with van der Waals surface area (Å²) < 4.78 is 39.8. The molecule has 3 aromatic rings. The summed E-state index contributed by atoms with van der Waals surface area (Å²) in [7, 11) is 0. The van der Waals surface area contributed by atoms with Crippen molar-refractivity contribution in [1.82, 2.24) is 4.98 Å². The van der Waals surface area contributed by atoms with E-state index < -0.39 is 11.7 Å². The molecule has 118 valence electrons. The SMILES string of the molecule is CC(Br)c1cnc2c(C(F)(F)F)cccc2c1-c1ccccc1. The highest BCUT2D eigenvalue weighted by Gasteiger charge is 2.33. The molecular formula is C18H13BrF3N. The van der Waals surface area contributed by atoms with Crippen LogP contribution >= 0.6 is 15.9 Å². The number of nitrogens with zero attached hydrogens (tertiary/aromatic N) is 1. The molecule has 0 radical (unpaired) electrons. The summed E-state index contributed by atoms with van der Waals surface area (Å²) in [5.41, 5.74) is 1.80. The van der Waals surface area contributed by atoms with Gasteiger partial charge in [0.15, 0.2) is 0 Å².